The maximum absolute atomic E-state index is 12.9. The highest BCUT2D eigenvalue weighted by atomic mass is 32.1. The normalized spacial score (nSPS) is 11.7. The summed E-state index contributed by atoms with van der Waals surface area (Å²) in [7, 11) is 0. The van der Waals surface area contributed by atoms with Gasteiger partial charge < -0.3 is 9.88 Å². The molecule has 4 aromatic rings. The van der Waals surface area contributed by atoms with E-state index in [1.165, 1.54) is 23.5 Å². The number of anilines is 2. The summed E-state index contributed by atoms with van der Waals surface area (Å²) in [6.07, 6.45) is -2.83. The van der Waals surface area contributed by atoms with E-state index in [0.717, 1.165) is 40.3 Å². The molecule has 0 aliphatic rings. The summed E-state index contributed by atoms with van der Waals surface area (Å²) >= 11 is 1.20. The number of carbonyl (C=O) groups is 1. The SMILES string of the molecule is Cc1cccc(-n2c(C)cc(/C=N\NC(=O)Cc3csc(Nc4cccc(C(F)(F)F)c4)n3)c2C)c1. The van der Waals surface area contributed by atoms with Crippen LogP contribution in [0.3, 0.4) is 0 Å². The van der Waals surface area contributed by atoms with E-state index in [1.54, 1.807) is 11.6 Å². The van der Waals surface area contributed by atoms with Crippen LogP contribution in [0.15, 0.2) is 65.1 Å². The number of hydrogen-bond donors (Lipinski definition) is 2. The van der Waals surface area contributed by atoms with Crippen molar-refractivity contribution in [2.75, 3.05) is 5.32 Å². The third-order valence-corrected chi connectivity index (χ3v) is 6.26. The molecule has 0 unspecified atom stereocenters. The van der Waals surface area contributed by atoms with Gasteiger partial charge in [-0.05, 0) is 62.7 Å². The van der Waals surface area contributed by atoms with Gasteiger partial charge in [0.25, 0.3) is 0 Å². The molecule has 2 aromatic carbocycles. The number of thiazole rings is 1. The van der Waals surface area contributed by atoms with Crippen molar-refractivity contribution in [3.8, 4) is 5.69 Å². The minimum absolute atomic E-state index is 0.0135. The van der Waals surface area contributed by atoms with Crippen molar-refractivity contribution in [1.29, 1.82) is 0 Å². The number of benzene rings is 2. The number of aromatic nitrogens is 2. The largest absolute Gasteiger partial charge is 0.416 e. The average Bonchev–Trinajstić information content (AvgIpc) is 3.36. The molecule has 0 fully saturated rings. The Morgan fingerprint density at radius 2 is 1.89 bits per heavy atom. The minimum atomic E-state index is -4.43. The van der Waals surface area contributed by atoms with E-state index in [0.29, 0.717) is 10.8 Å². The van der Waals surface area contributed by atoms with Crippen molar-refractivity contribution in [2.24, 2.45) is 5.10 Å². The Morgan fingerprint density at radius 1 is 1.11 bits per heavy atom. The summed E-state index contributed by atoms with van der Waals surface area (Å²) in [6, 6.07) is 15.1. The molecule has 0 radical (unpaired) electrons. The van der Waals surface area contributed by atoms with Crippen LogP contribution in [0.2, 0.25) is 0 Å². The molecule has 0 aliphatic carbocycles. The molecule has 0 aliphatic heterocycles. The molecule has 0 atom stereocenters. The zero-order chi connectivity index (χ0) is 25.9. The van der Waals surface area contributed by atoms with Gasteiger partial charge in [0.1, 0.15) is 0 Å². The van der Waals surface area contributed by atoms with Gasteiger partial charge in [-0.2, -0.15) is 18.3 Å². The maximum atomic E-state index is 12.9. The number of nitrogens with one attached hydrogen (secondary N) is 2. The Hall–Kier alpha value is -3.92. The van der Waals surface area contributed by atoms with Crippen LogP contribution in [0.1, 0.15) is 33.8 Å². The lowest BCUT2D eigenvalue weighted by Gasteiger charge is -2.10. The molecule has 0 saturated heterocycles. The third-order valence-electron chi connectivity index (χ3n) is 5.46. The molecule has 0 spiro atoms. The van der Waals surface area contributed by atoms with Gasteiger partial charge in [0, 0.05) is 33.7 Å². The van der Waals surface area contributed by atoms with E-state index in [-0.39, 0.29) is 18.0 Å². The molecule has 2 aromatic heterocycles. The first kappa shape index (κ1) is 25.2. The second-order valence-corrected chi connectivity index (χ2v) is 9.18. The van der Waals surface area contributed by atoms with E-state index >= 15 is 0 Å². The van der Waals surface area contributed by atoms with Crippen LogP contribution in [0.4, 0.5) is 24.0 Å². The van der Waals surface area contributed by atoms with Gasteiger partial charge in [-0.15, -0.1) is 11.3 Å². The highest BCUT2D eigenvalue weighted by Crippen LogP contribution is 2.32. The van der Waals surface area contributed by atoms with E-state index in [4.69, 9.17) is 0 Å². The number of aryl methyl sites for hydroxylation is 2. The minimum Gasteiger partial charge on any atom is -0.332 e. The first-order chi connectivity index (χ1) is 17.1. The predicted octanol–water partition coefficient (Wildman–Crippen LogP) is 6.31. The molecule has 0 bridgehead atoms. The number of rotatable bonds is 7. The van der Waals surface area contributed by atoms with Gasteiger partial charge in [0.15, 0.2) is 5.13 Å². The Morgan fingerprint density at radius 3 is 2.64 bits per heavy atom. The Balaban J connectivity index is 1.36. The Labute approximate surface area is 210 Å². The summed E-state index contributed by atoms with van der Waals surface area (Å²) in [4.78, 5) is 16.6. The lowest BCUT2D eigenvalue weighted by atomic mass is 10.2. The Bertz CT molecular complexity index is 1420. The van der Waals surface area contributed by atoms with E-state index in [9.17, 15) is 18.0 Å². The summed E-state index contributed by atoms with van der Waals surface area (Å²) in [6.45, 7) is 6.05. The molecule has 2 N–H and O–H groups in total. The number of hydrogen-bond acceptors (Lipinski definition) is 5. The predicted molar refractivity (Wildman–Crippen MR) is 136 cm³/mol. The van der Waals surface area contributed by atoms with Crippen molar-refractivity contribution in [3.63, 3.8) is 0 Å². The Kier molecular flexibility index (Phi) is 7.25. The van der Waals surface area contributed by atoms with Gasteiger partial charge in [-0.25, -0.2) is 10.4 Å². The van der Waals surface area contributed by atoms with Crippen molar-refractivity contribution in [3.05, 3.63) is 93.7 Å². The molecule has 1 amide bonds. The summed E-state index contributed by atoms with van der Waals surface area (Å²) in [5.41, 5.74) is 7.67. The topological polar surface area (TPSA) is 71.3 Å². The van der Waals surface area contributed by atoms with Crippen LogP contribution in [0, 0.1) is 20.8 Å². The molecule has 6 nitrogen and oxygen atoms in total. The second kappa shape index (κ2) is 10.4. The van der Waals surface area contributed by atoms with E-state index in [1.807, 2.05) is 45.0 Å². The average molecular weight is 512 g/mol. The van der Waals surface area contributed by atoms with E-state index in [2.05, 4.69) is 31.5 Å². The fourth-order valence-electron chi connectivity index (χ4n) is 3.80. The van der Waals surface area contributed by atoms with Crippen molar-refractivity contribution >= 4 is 34.3 Å². The first-order valence-electron chi connectivity index (χ1n) is 11.1. The van der Waals surface area contributed by atoms with Gasteiger partial charge in [0.05, 0.1) is 23.9 Å². The van der Waals surface area contributed by atoms with E-state index < -0.39 is 11.7 Å². The van der Waals surface area contributed by atoms with Crippen LogP contribution in [0.25, 0.3) is 5.69 Å². The molecular formula is C26H24F3N5OS. The van der Waals surface area contributed by atoms with Crippen LogP contribution < -0.4 is 10.7 Å². The molecule has 10 heteroatoms. The first-order valence-corrected chi connectivity index (χ1v) is 11.9. The van der Waals surface area contributed by atoms with Crippen LogP contribution >= 0.6 is 11.3 Å². The van der Waals surface area contributed by atoms with Crippen LogP contribution in [-0.2, 0) is 17.4 Å². The molecule has 0 saturated carbocycles. The fourth-order valence-corrected chi connectivity index (χ4v) is 4.53. The molecule has 186 valence electrons. The van der Waals surface area contributed by atoms with Gasteiger partial charge in [-0.3, -0.25) is 4.79 Å². The molecular weight excluding hydrogens is 487 g/mol. The highest BCUT2D eigenvalue weighted by Gasteiger charge is 2.30. The lowest BCUT2D eigenvalue weighted by Crippen LogP contribution is -2.20. The standard InChI is InChI=1S/C26H24F3N5OS/c1-16-6-4-9-23(10-16)34-17(2)11-19(18(34)3)14-30-33-24(35)13-22-15-36-25(32-22)31-21-8-5-7-20(12-21)26(27,28)29/h4-12,14-15H,13H2,1-3H3,(H,31,32)(H,33,35)/b30-14-. The zero-order valence-electron chi connectivity index (χ0n) is 19.8. The lowest BCUT2D eigenvalue weighted by molar-refractivity contribution is -0.137. The highest BCUT2D eigenvalue weighted by molar-refractivity contribution is 7.13. The number of hydrazone groups is 1. The third kappa shape index (κ3) is 6.01. The monoisotopic (exact) mass is 511 g/mol. The quantitative estimate of drug-likeness (QED) is 0.226. The van der Waals surface area contributed by atoms with Gasteiger partial charge in [-0.1, -0.05) is 18.2 Å². The number of amides is 1. The van der Waals surface area contributed by atoms with Crippen molar-refractivity contribution in [2.45, 2.75) is 33.4 Å². The number of nitrogens with zero attached hydrogens (tertiary/aromatic N) is 3. The summed E-state index contributed by atoms with van der Waals surface area (Å²) in [5.74, 6) is -0.352. The number of alkyl halides is 3. The summed E-state index contributed by atoms with van der Waals surface area (Å²) < 4.78 is 40.8. The molecule has 36 heavy (non-hydrogen) atoms. The fraction of sp³-hybridized carbons (Fsp3) is 0.192. The number of carbonyl (C=O) groups excluding carboxylic acids is 1. The molecule has 2 heterocycles. The second-order valence-electron chi connectivity index (χ2n) is 8.32. The van der Waals surface area contributed by atoms with Gasteiger partial charge >= 0.3 is 6.18 Å². The smallest absolute Gasteiger partial charge is 0.332 e. The van der Waals surface area contributed by atoms with Crippen molar-refractivity contribution in [1.82, 2.24) is 15.0 Å². The van der Waals surface area contributed by atoms with Crippen LogP contribution in [-0.4, -0.2) is 21.7 Å². The maximum Gasteiger partial charge on any atom is 0.416 e. The number of halogens is 3. The van der Waals surface area contributed by atoms with Crippen LogP contribution in [0.5, 0.6) is 0 Å². The summed E-state index contributed by atoms with van der Waals surface area (Å²) in [5, 5.41) is 9.00. The molecule has 4 rings (SSSR count). The van der Waals surface area contributed by atoms with Crippen molar-refractivity contribution < 1.29 is 18.0 Å². The zero-order valence-corrected chi connectivity index (χ0v) is 20.7. The van der Waals surface area contributed by atoms with Gasteiger partial charge in [0.2, 0.25) is 5.91 Å².